The van der Waals surface area contributed by atoms with Crippen LogP contribution in [0.5, 0.6) is 5.75 Å². The maximum absolute atomic E-state index is 5.95. The van der Waals surface area contributed by atoms with E-state index in [4.69, 9.17) is 9.73 Å². The van der Waals surface area contributed by atoms with E-state index >= 15 is 0 Å². The third kappa shape index (κ3) is 2.91. The predicted molar refractivity (Wildman–Crippen MR) is 103 cm³/mol. The lowest BCUT2D eigenvalue weighted by atomic mass is 9.94. The molecule has 1 aromatic carbocycles. The van der Waals surface area contributed by atoms with Crippen molar-refractivity contribution in [2.75, 3.05) is 12.4 Å². The first kappa shape index (κ1) is 16.5. The molecular formula is C20H23N3OS. The second kappa shape index (κ2) is 7.08. The lowest BCUT2D eigenvalue weighted by Gasteiger charge is -2.32. The molecule has 2 aromatic rings. The van der Waals surface area contributed by atoms with E-state index in [1.165, 1.54) is 5.56 Å². The summed E-state index contributed by atoms with van der Waals surface area (Å²) < 4.78 is 5.95. The smallest absolute Gasteiger partial charge is 0.160 e. The summed E-state index contributed by atoms with van der Waals surface area (Å²) in [4.78, 5) is 12.2. The Morgan fingerprint density at radius 1 is 1.16 bits per heavy atom. The van der Waals surface area contributed by atoms with Gasteiger partial charge in [0.2, 0.25) is 0 Å². The van der Waals surface area contributed by atoms with Gasteiger partial charge in [-0.05, 0) is 31.5 Å². The molecule has 3 atom stereocenters. The number of pyridine rings is 1. The zero-order valence-electron chi connectivity index (χ0n) is 14.6. The Kier molecular flexibility index (Phi) is 4.66. The van der Waals surface area contributed by atoms with Crippen molar-refractivity contribution < 1.29 is 4.74 Å². The van der Waals surface area contributed by atoms with Crippen LogP contribution in [0.4, 0.5) is 0 Å². The number of thioether (sulfide) groups is 1. The maximum atomic E-state index is 5.95. The number of amidine groups is 1. The number of ether oxygens (including phenoxy) is 1. The fraction of sp³-hybridized carbons (Fsp3) is 0.400. The number of nitrogens with zero attached hydrogens (tertiary/aromatic N) is 3. The first-order valence-electron chi connectivity index (χ1n) is 8.95. The van der Waals surface area contributed by atoms with Gasteiger partial charge >= 0.3 is 0 Å². The first-order chi connectivity index (χ1) is 12.3. The first-order valence-corrected chi connectivity index (χ1v) is 9.93. The lowest BCUT2D eigenvalue weighted by Crippen LogP contribution is -2.35. The van der Waals surface area contributed by atoms with Gasteiger partial charge in [-0.15, -0.1) is 0 Å². The highest BCUT2D eigenvalue weighted by atomic mass is 32.2. The molecule has 1 aromatic heterocycles. The van der Waals surface area contributed by atoms with E-state index in [1.54, 1.807) is 0 Å². The number of aromatic nitrogens is 1. The number of fused-ring (bicyclic) bond motifs is 1. The number of hydrogen-bond acceptors (Lipinski definition) is 5. The maximum Gasteiger partial charge on any atom is 0.160 e. The van der Waals surface area contributed by atoms with Crippen LogP contribution in [0.1, 0.15) is 43.6 Å². The van der Waals surface area contributed by atoms with Gasteiger partial charge in [-0.2, -0.15) is 0 Å². The Balaban J connectivity index is 1.81. The average Bonchev–Trinajstić information content (AvgIpc) is 3.22. The summed E-state index contributed by atoms with van der Waals surface area (Å²) in [6.07, 6.45) is 2.98. The van der Waals surface area contributed by atoms with Crippen LogP contribution in [0.3, 0.4) is 0 Å². The van der Waals surface area contributed by atoms with Crippen molar-refractivity contribution in [1.82, 2.24) is 9.88 Å². The highest BCUT2D eigenvalue weighted by Crippen LogP contribution is 2.50. The summed E-state index contributed by atoms with van der Waals surface area (Å²) in [6.45, 7) is 4.95. The van der Waals surface area contributed by atoms with Gasteiger partial charge in [-0.1, -0.05) is 43.0 Å². The second-order valence-electron chi connectivity index (χ2n) is 6.31. The summed E-state index contributed by atoms with van der Waals surface area (Å²) in [5.41, 5.74) is 2.23. The molecule has 4 nitrogen and oxygen atoms in total. The molecule has 3 heterocycles. The SMILES string of the molecule is CCOc1ccccc1[C@@H]1[C@H](c2ccccn2)N=C2SC[C@@H](CC)N21. The highest BCUT2D eigenvalue weighted by molar-refractivity contribution is 8.14. The fourth-order valence-corrected chi connectivity index (χ4v) is 5.04. The Bertz CT molecular complexity index is 765. The average molecular weight is 353 g/mol. The van der Waals surface area contributed by atoms with Gasteiger partial charge in [0.25, 0.3) is 0 Å². The van der Waals surface area contributed by atoms with Crippen molar-refractivity contribution in [2.24, 2.45) is 4.99 Å². The zero-order valence-corrected chi connectivity index (χ0v) is 15.4. The minimum Gasteiger partial charge on any atom is -0.494 e. The third-order valence-corrected chi connectivity index (χ3v) is 5.99. The molecule has 4 rings (SSSR count). The van der Waals surface area contributed by atoms with Gasteiger partial charge in [0.05, 0.1) is 18.3 Å². The Hall–Kier alpha value is -2.01. The van der Waals surface area contributed by atoms with E-state index in [9.17, 15) is 0 Å². The van der Waals surface area contributed by atoms with Gasteiger partial charge in [-0.3, -0.25) is 9.98 Å². The van der Waals surface area contributed by atoms with Gasteiger partial charge < -0.3 is 9.64 Å². The standard InChI is InChI=1S/C20H23N3OS/c1-3-14-13-25-20-22-18(16-10-7-8-12-21-16)19(23(14)20)15-9-5-6-11-17(15)24-4-2/h5-12,14,18-19H,3-4,13H2,1-2H3/t14-,18+,19-/m1/s1. The molecule has 1 saturated heterocycles. The van der Waals surface area contributed by atoms with Crippen LogP contribution in [0.2, 0.25) is 0 Å². The molecule has 5 heteroatoms. The molecule has 25 heavy (non-hydrogen) atoms. The van der Waals surface area contributed by atoms with Crippen LogP contribution >= 0.6 is 11.8 Å². The molecule has 2 aliphatic heterocycles. The normalized spacial score (nSPS) is 25.0. The van der Waals surface area contributed by atoms with Crippen LogP contribution < -0.4 is 4.74 Å². The van der Waals surface area contributed by atoms with Crippen LogP contribution in [0, 0.1) is 0 Å². The van der Waals surface area contributed by atoms with Crippen molar-refractivity contribution in [3.8, 4) is 5.75 Å². The summed E-state index contributed by atoms with van der Waals surface area (Å²) >= 11 is 1.87. The van der Waals surface area contributed by atoms with Crippen LogP contribution in [0.15, 0.2) is 53.7 Å². The van der Waals surface area contributed by atoms with E-state index < -0.39 is 0 Å². The topological polar surface area (TPSA) is 37.7 Å². The molecule has 0 bridgehead atoms. The van der Waals surface area contributed by atoms with E-state index in [0.29, 0.717) is 12.6 Å². The molecule has 0 amide bonds. The van der Waals surface area contributed by atoms with E-state index in [0.717, 1.165) is 28.8 Å². The zero-order chi connectivity index (χ0) is 17.2. The summed E-state index contributed by atoms with van der Waals surface area (Å²) in [5, 5.41) is 1.15. The van der Waals surface area contributed by atoms with Crippen LogP contribution in [0.25, 0.3) is 0 Å². The van der Waals surface area contributed by atoms with Crippen molar-refractivity contribution in [1.29, 1.82) is 0 Å². The minimum absolute atomic E-state index is 0.0136. The highest BCUT2D eigenvalue weighted by Gasteiger charge is 2.46. The number of benzene rings is 1. The van der Waals surface area contributed by atoms with Gasteiger partial charge in [0.1, 0.15) is 11.8 Å². The Morgan fingerprint density at radius 2 is 2.00 bits per heavy atom. The van der Waals surface area contributed by atoms with Gasteiger partial charge in [0.15, 0.2) is 5.17 Å². The summed E-state index contributed by atoms with van der Waals surface area (Å²) in [6, 6.07) is 15.1. The number of rotatable bonds is 5. The van der Waals surface area contributed by atoms with E-state index in [-0.39, 0.29) is 12.1 Å². The number of para-hydroxylation sites is 1. The molecule has 130 valence electrons. The van der Waals surface area contributed by atoms with E-state index in [2.05, 4.69) is 41.1 Å². The van der Waals surface area contributed by atoms with Gasteiger partial charge in [-0.25, -0.2) is 0 Å². The number of hydrogen-bond donors (Lipinski definition) is 0. The minimum atomic E-state index is 0.0136. The predicted octanol–water partition coefficient (Wildman–Crippen LogP) is 4.46. The van der Waals surface area contributed by atoms with Crippen molar-refractivity contribution >= 4 is 16.9 Å². The molecular weight excluding hydrogens is 330 g/mol. The molecule has 1 fully saturated rings. The third-order valence-electron chi connectivity index (χ3n) is 4.87. The Morgan fingerprint density at radius 3 is 2.76 bits per heavy atom. The molecule has 2 aliphatic rings. The quantitative estimate of drug-likeness (QED) is 0.795. The Labute approximate surface area is 153 Å². The molecule has 0 N–H and O–H groups in total. The fourth-order valence-electron chi connectivity index (χ4n) is 3.70. The molecule has 0 spiro atoms. The molecule has 0 unspecified atom stereocenters. The number of aliphatic imine (C=N–C) groups is 1. The van der Waals surface area contributed by atoms with Crippen LogP contribution in [-0.2, 0) is 0 Å². The van der Waals surface area contributed by atoms with Gasteiger partial charge in [0, 0.05) is 23.6 Å². The molecule has 0 saturated carbocycles. The molecule has 0 aliphatic carbocycles. The lowest BCUT2D eigenvalue weighted by molar-refractivity contribution is 0.245. The summed E-state index contributed by atoms with van der Waals surface area (Å²) in [5.74, 6) is 2.07. The molecule has 0 radical (unpaired) electrons. The van der Waals surface area contributed by atoms with E-state index in [1.807, 2.05) is 43.1 Å². The second-order valence-corrected chi connectivity index (χ2v) is 7.29. The van der Waals surface area contributed by atoms with Crippen molar-refractivity contribution in [3.63, 3.8) is 0 Å². The van der Waals surface area contributed by atoms with Crippen LogP contribution in [-0.4, -0.2) is 33.5 Å². The monoisotopic (exact) mass is 353 g/mol. The van der Waals surface area contributed by atoms with Crippen molar-refractivity contribution in [3.05, 3.63) is 59.9 Å². The summed E-state index contributed by atoms with van der Waals surface area (Å²) in [7, 11) is 0. The van der Waals surface area contributed by atoms with Crippen molar-refractivity contribution in [2.45, 2.75) is 38.4 Å². The largest absolute Gasteiger partial charge is 0.494 e.